The Balaban J connectivity index is 1.69. The Kier molecular flexibility index (Phi) is 4.59. The van der Waals surface area contributed by atoms with Crippen molar-refractivity contribution >= 4 is 28.6 Å². The van der Waals surface area contributed by atoms with E-state index in [0.29, 0.717) is 5.95 Å². The number of anilines is 1. The van der Waals surface area contributed by atoms with Gasteiger partial charge in [-0.15, -0.1) is 11.8 Å². The number of thioether (sulfide) groups is 1. The maximum atomic E-state index is 5.83. The van der Waals surface area contributed by atoms with Crippen LogP contribution in [0.1, 0.15) is 17.7 Å². The number of nitrogens with two attached hydrogens (primary N) is 1. The van der Waals surface area contributed by atoms with Crippen LogP contribution in [0.4, 0.5) is 5.95 Å². The van der Waals surface area contributed by atoms with Crippen LogP contribution in [0.3, 0.4) is 0 Å². The second-order valence-electron chi connectivity index (χ2n) is 5.31. The van der Waals surface area contributed by atoms with Gasteiger partial charge < -0.3 is 5.73 Å². The second kappa shape index (κ2) is 6.79. The van der Waals surface area contributed by atoms with Crippen LogP contribution in [0.5, 0.6) is 0 Å². The first-order valence-electron chi connectivity index (χ1n) is 7.43. The summed E-state index contributed by atoms with van der Waals surface area (Å²) in [6.45, 7) is 2.09. The smallest absolute Gasteiger partial charge is 0.220 e. The maximum absolute atomic E-state index is 5.83. The van der Waals surface area contributed by atoms with Crippen molar-refractivity contribution in [2.24, 2.45) is 0 Å². The maximum Gasteiger partial charge on any atom is 0.220 e. The van der Waals surface area contributed by atoms with Crippen molar-refractivity contribution in [2.75, 3.05) is 11.5 Å². The zero-order valence-corrected chi connectivity index (χ0v) is 13.4. The second-order valence-corrected chi connectivity index (χ2v) is 6.48. The Morgan fingerprint density at radius 3 is 2.68 bits per heavy atom. The Morgan fingerprint density at radius 1 is 1.05 bits per heavy atom. The summed E-state index contributed by atoms with van der Waals surface area (Å²) in [6, 6.07) is 16.7. The van der Waals surface area contributed by atoms with Gasteiger partial charge in [-0.2, -0.15) is 0 Å². The van der Waals surface area contributed by atoms with E-state index in [2.05, 4.69) is 53.3 Å². The van der Waals surface area contributed by atoms with Crippen LogP contribution in [0.25, 0.3) is 10.9 Å². The molecule has 0 bridgehead atoms. The molecule has 0 aliphatic heterocycles. The molecule has 22 heavy (non-hydrogen) atoms. The number of benzene rings is 2. The van der Waals surface area contributed by atoms with Gasteiger partial charge in [-0.05, 0) is 49.8 Å². The summed E-state index contributed by atoms with van der Waals surface area (Å²) < 4.78 is 0. The molecule has 0 aliphatic rings. The lowest BCUT2D eigenvalue weighted by Gasteiger charge is -2.07. The fourth-order valence-electron chi connectivity index (χ4n) is 2.46. The van der Waals surface area contributed by atoms with Gasteiger partial charge in [0.1, 0.15) is 0 Å². The number of nitrogen functional groups attached to an aromatic ring is 1. The van der Waals surface area contributed by atoms with Gasteiger partial charge in [-0.3, -0.25) is 0 Å². The van der Waals surface area contributed by atoms with Gasteiger partial charge in [0.15, 0.2) is 0 Å². The molecular formula is C18H19N3S. The first-order chi connectivity index (χ1) is 10.7. The van der Waals surface area contributed by atoms with Crippen LogP contribution in [0, 0.1) is 6.92 Å². The van der Waals surface area contributed by atoms with E-state index in [9.17, 15) is 0 Å². The van der Waals surface area contributed by atoms with Crippen molar-refractivity contribution in [2.45, 2.75) is 24.7 Å². The molecule has 1 aromatic heterocycles. The Hall–Kier alpha value is -2.07. The molecule has 4 heteroatoms. The Bertz CT molecular complexity index is 772. The summed E-state index contributed by atoms with van der Waals surface area (Å²) in [6.07, 6.45) is 1.99. The number of aromatic nitrogens is 2. The third-order valence-electron chi connectivity index (χ3n) is 3.52. The van der Waals surface area contributed by atoms with Crippen LogP contribution in [-0.2, 0) is 6.42 Å². The SMILES string of the molecule is Cc1ccc2nc(N)nc(CCCSc3ccccc3)c2c1. The predicted octanol–water partition coefficient (Wildman–Crippen LogP) is 4.25. The summed E-state index contributed by atoms with van der Waals surface area (Å²) >= 11 is 1.88. The highest BCUT2D eigenvalue weighted by molar-refractivity contribution is 7.99. The number of hydrogen-bond acceptors (Lipinski definition) is 4. The van der Waals surface area contributed by atoms with Crippen molar-refractivity contribution in [3.63, 3.8) is 0 Å². The third-order valence-corrected chi connectivity index (χ3v) is 4.62. The summed E-state index contributed by atoms with van der Waals surface area (Å²) in [5.41, 5.74) is 9.04. The number of aryl methyl sites for hydroxylation is 2. The average Bonchev–Trinajstić information content (AvgIpc) is 2.53. The van der Waals surface area contributed by atoms with Gasteiger partial charge in [-0.1, -0.05) is 29.8 Å². The molecule has 3 aromatic rings. The standard InChI is InChI=1S/C18H19N3S/c1-13-9-10-17-15(12-13)16(20-18(19)21-17)8-5-11-22-14-6-3-2-4-7-14/h2-4,6-7,9-10,12H,5,8,11H2,1H3,(H2,19,20,21). The summed E-state index contributed by atoms with van der Waals surface area (Å²) in [7, 11) is 0. The highest BCUT2D eigenvalue weighted by atomic mass is 32.2. The van der Waals surface area contributed by atoms with Crippen molar-refractivity contribution in [1.82, 2.24) is 9.97 Å². The number of nitrogens with zero attached hydrogens (tertiary/aromatic N) is 2. The minimum Gasteiger partial charge on any atom is -0.368 e. The summed E-state index contributed by atoms with van der Waals surface area (Å²) in [5, 5.41) is 1.12. The Labute approximate surface area is 135 Å². The van der Waals surface area contributed by atoms with Gasteiger partial charge in [0, 0.05) is 10.3 Å². The lowest BCUT2D eigenvalue weighted by atomic mass is 10.1. The fourth-order valence-corrected chi connectivity index (χ4v) is 3.34. The van der Waals surface area contributed by atoms with E-state index in [1.165, 1.54) is 10.5 Å². The number of rotatable bonds is 5. The largest absolute Gasteiger partial charge is 0.368 e. The average molecular weight is 309 g/mol. The summed E-state index contributed by atoms with van der Waals surface area (Å²) in [4.78, 5) is 10.1. The first-order valence-corrected chi connectivity index (χ1v) is 8.41. The van der Waals surface area contributed by atoms with Gasteiger partial charge in [0.05, 0.1) is 11.2 Å². The molecule has 1 heterocycles. The number of fused-ring (bicyclic) bond motifs is 1. The zero-order chi connectivity index (χ0) is 15.4. The molecule has 3 rings (SSSR count). The van der Waals surface area contributed by atoms with E-state index in [1.807, 2.05) is 23.9 Å². The van der Waals surface area contributed by atoms with E-state index < -0.39 is 0 Å². The molecule has 2 aromatic carbocycles. The van der Waals surface area contributed by atoms with Crippen LogP contribution in [0.15, 0.2) is 53.4 Å². The molecule has 0 unspecified atom stereocenters. The van der Waals surface area contributed by atoms with Gasteiger partial charge >= 0.3 is 0 Å². The van der Waals surface area contributed by atoms with Crippen molar-refractivity contribution in [3.8, 4) is 0 Å². The van der Waals surface area contributed by atoms with Crippen molar-refractivity contribution in [1.29, 1.82) is 0 Å². The van der Waals surface area contributed by atoms with E-state index in [4.69, 9.17) is 5.73 Å². The molecule has 0 fully saturated rings. The predicted molar refractivity (Wildman–Crippen MR) is 94.2 cm³/mol. The third kappa shape index (κ3) is 3.57. The van der Waals surface area contributed by atoms with Gasteiger partial charge in [0.2, 0.25) is 5.95 Å². The van der Waals surface area contributed by atoms with Crippen molar-refractivity contribution < 1.29 is 0 Å². The molecule has 0 spiro atoms. The molecular weight excluding hydrogens is 290 g/mol. The molecule has 0 saturated carbocycles. The Morgan fingerprint density at radius 2 is 1.86 bits per heavy atom. The number of hydrogen-bond donors (Lipinski definition) is 1. The van der Waals surface area contributed by atoms with Gasteiger partial charge in [0.25, 0.3) is 0 Å². The van der Waals surface area contributed by atoms with Crippen LogP contribution in [0.2, 0.25) is 0 Å². The monoisotopic (exact) mass is 309 g/mol. The molecule has 3 nitrogen and oxygen atoms in total. The van der Waals surface area contributed by atoms with Crippen LogP contribution >= 0.6 is 11.8 Å². The molecule has 2 N–H and O–H groups in total. The van der Waals surface area contributed by atoms with E-state index in [1.54, 1.807) is 0 Å². The molecule has 0 radical (unpaired) electrons. The topological polar surface area (TPSA) is 51.8 Å². The van der Waals surface area contributed by atoms with E-state index in [0.717, 1.165) is 35.2 Å². The van der Waals surface area contributed by atoms with Crippen LogP contribution in [-0.4, -0.2) is 15.7 Å². The van der Waals surface area contributed by atoms with E-state index >= 15 is 0 Å². The quantitative estimate of drug-likeness (QED) is 0.565. The van der Waals surface area contributed by atoms with Crippen molar-refractivity contribution in [3.05, 3.63) is 59.8 Å². The highest BCUT2D eigenvalue weighted by Gasteiger charge is 2.06. The lowest BCUT2D eigenvalue weighted by molar-refractivity contribution is 0.899. The molecule has 0 atom stereocenters. The first kappa shape index (κ1) is 14.9. The minimum atomic E-state index is 0.363. The molecule has 0 saturated heterocycles. The van der Waals surface area contributed by atoms with Crippen LogP contribution < -0.4 is 5.73 Å². The minimum absolute atomic E-state index is 0.363. The normalized spacial score (nSPS) is 11.0. The highest BCUT2D eigenvalue weighted by Crippen LogP contribution is 2.22. The van der Waals surface area contributed by atoms with E-state index in [-0.39, 0.29) is 0 Å². The molecule has 0 aliphatic carbocycles. The zero-order valence-electron chi connectivity index (χ0n) is 12.6. The molecule has 112 valence electrons. The lowest BCUT2D eigenvalue weighted by Crippen LogP contribution is -2.01. The fraction of sp³-hybridized carbons (Fsp3) is 0.222. The summed E-state index contributed by atoms with van der Waals surface area (Å²) in [5.74, 6) is 1.43. The molecule has 0 amide bonds. The van der Waals surface area contributed by atoms with Gasteiger partial charge in [-0.25, -0.2) is 9.97 Å².